The zero-order chi connectivity index (χ0) is 18.2. The van der Waals surface area contributed by atoms with Crippen LogP contribution in [-0.2, 0) is 4.74 Å². The van der Waals surface area contributed by atoms with Crippen molar-refractivity contribution in [2.45, 2.75) is 6.92 Å². The molecule has 0 fully saturated rings. The van der Waals surface area contributed by atoms with E-state index in [9.17, 15) is 9.59 Å². The second-order valence-corrected chi connectivity index (χ2v) is 5.64. The topological polar surface area (TPSA) is 76.7 Å². The quantitative estimate of drug-likeness (QED) is 0.575. The van der Waals surface area contributed by atoms with Crippen LogP contribution in [0.5, 0.6) is 5.75 Å². The first kappa shape index (κ1) is 18.9. The highest BCUT2D eigenvalue weighted by molar-refractivity contribution is 6.35. The van der Waals surface area contributed by atoms with Crippen LogP contribution < -0.4 is 15.4 Å². The monoisotopic (exact) mass is 382 g/mol. The summed E-state index contributed by atoms with van der Waals surface area (Å²) < 4.78 is 10.2. The van der Waals surface area contributed by atoms with Crippen molar-refractivity contribution in [2.75, 3.05) is 18.7 Å². The third-order valence-corrected chi connectivity index (χ3v) is 3.54. The van der Waals surface area contributed by atoms with E-state index in [1.54, 1.807) is 49.4 Å². The van der Waals surface area contributed by atoms with Gasteiger partial charge in [0.05, 0.1) is 17.2 Å². The minimum absolute atomic E-state index is 0.0753. The molecule has 0 radical (unpaired) electrons. The molecule has 0 bridgehead atoms. The minimum atomic E-state index is -0.464. The highest BCUT2D eigenvalue weighted by atomic mass is 35.5. The lowest BCUT2D eigenvalue weighted by Gasteiger charge is -2.11. The molecule has 0 aliphatic rings. The Morgan fingerprint density at radius 3 is 2.44 bits per heavy atom. The molecule has 25 heavy (non-hydrogen) atoms. The Balaban J connectivity index is 1.81. The Kier molecular flexibility index (Phi) is 6.91. The standard InChI is InChI=1S/C17H16Cl2N2O4/c1-2-24-16(22)11-3-6-13(7-4-11)21-17(23)20-10-25-15-8-5-12(18)9-14(15)19/h3-9H,2,10H2,1H3,(H2,20,21,23). The number of carbonyl (C=O) groups excluding carboxylic acids is 2. The van der Waals surface area contributed by atoms with Crippen molar-refractivity contribution in [1.29, 1.82) is 0 Å². The molecule has 0 unspecified atom stereocenters. The van der Waals surface area contributed by atoms with Gasteiger partial charge in [0.1, 0.15) is 5.75 Å². The molecule has 6 nitrogen and oxygen atoms in total. The van der Waals surface area contributed by atoms with Gasteiger partial charge in [0, 0.05) is 10.7 Å². The van der Waals surface area contributed by atoms with Crippen molar-refractivity contribution >= 4 is 40.9 Å². The molecular formula is C17H16Cl2N2O4. The molecule has 8 heteroatoms. The third kappa shape index (κ3) is 5.85. The lowest BCUT2D eigenvalue weighted by atomic mass is 10.2. The van der Waals surface area contributed by atoms with Crippen molar-refractivity contribution in [1.82, 2.24) is 5.32 Å². The van der Waals surface area contributed by atoms with Crippen molar-refractivity contribution in [2.24, 2.45) is 0 Å². The second kappa shape index (κ2) is 9.15. The summed E-state index contributed by atoms with van der Waals surface area (Å²) in [6, 6.07) is 10.7. The molecular weight excluding hydrogens is 367 g/mol. The van der Waals surface area contributed by atoms with Crippen LogP contribution in [0.2, 0.25) is 10.0 Å². The lowest BCUT2D eigenvalue weighted by molar-refractivity contribution is 0.0526. The van der Waals surface area contributed by atoms with E-state index in [2.05, 4.69) is 10.6 Å². The first-order valence-corrected chi connectivity index (χ1v) is 8.15. The Morgan fingerprint density at radius 1 is 1.08 bits per heavy atom. The van der Waals surface area contributed by atoms with Crippen LogP contribution >= 0.6 is 23.2 Å². The number of esters is 1. The molecule has 2 N–H and O–H groups in total. The third-order valence-electron chi connectivity index (χ3n) is 3.01. The van der Waals surface area contributed by atoms with E-state index in [0.717, 1.165) is 0 Å². The van der Waals surface area contributed by atoms with Gasteiger partial charge in [0.15, 0.2) is 6.73 Å². The predicted octanol–water partition coefficient (Wildman–Crippen LogP) is 4.33. The summed E-state index contributed by atoms with van der Waals surface area (Å²) in [5, 5.41) is 5.98. The largest absolute Gasteiger partial charge is 0.472 e. The SMILES string of the molecule is CCOC(=O)c1ccc(NC(=O)NCOc2ccc(Cl)cc2Cl)cc1. The van der Waals surface area contributed by atoms with Crippen molar-refractivity contribution in [3.8, 4) is 5.75 Å². The van der Waals surface area contributed by atoms with E-state index < -0.39 is 12.0 Å². The summed E-state index contributed by atoms with van der Waals surface area (Å²) in [5.41, 5.74) is 0.934. The van der Waals surface area contributed by atoms with Crippen LogP contribution in [-0.4, -0.2) is 25.3 Å². The highest BCUT2D eigenvalue weighted by Crippen LogP contribution is 2.27. The summed E-state index contributed by atoms with van der Waals surface area (Å²) in [7, 11) is 0. The molecule has 0 aliphatic carbocycles. The van der Waals surface area contributed by atoms with Gasteiger partial charge in [-0.1, -0.05) is 23.2 Å². The molecule has 132 valence electrons. The van der Waals surface area contributed by atoms with E-state index in [1.165, 1.54) is 0 Å². The number of nitrogens with one attached hydrogen (secondary N) is 2. The predicted molar refractivity (Wildman–Crippen MR) is 96.5 cm³/mol. The average Bonchev–Trinajstić information content (AvgIpc) is 2.57. The first-order chi connectivity index (χ1) is 12.0. The molecule has 2 aromatic rings. The molecule has 0 saturated heterocycles. The highest BCUT2D eigenvalue weighted by Gasteiger charge is 2.07. The zero-order valence-corrected chi connectivity index (χ0v) is 14.9. The number of benzene rings is 2. The summed E-state index contributed by atoms with van der Waals surface area (Å²) in [5.74, 6) is -0.00287. The number of hydrogen-bond donors (Lipinski definition) is 2. The van der Waals surface area contributed by atoms with Gasteiger partial charge in [-0.25, -0.2) is 9.59 Å². The van der Waals surface area contributed by atoms with Gasteiger partial charge < -0.3 is 20.1 Å². The maximum absolute atomic E-state index is 11.8. The van der Waals surface area contributed by atoms with Gasteiger partial charge in [0.2, 0.25) is 0 Å². The van der Waals surface area contributed by atoms with Crippen LogP contribution in [0.25, 0.3) is 0 Å². The summed E-state index contributed by atoms with van der Waals surface area (Å²) >= 11 is 11.8. The van der Waals surface area contributed by atoms with Crippen LogP contribution in [0.3, 0.4) is 0 Å². The summed E-state index contributed by atoms with van der Waals surface area (Å²) in [6.07, 6.45) is 0. The Morgan fingerprint density at radius 2 is 1.80 bits per heavy atom. The fourth-order valence-corrected chi connectivity index (χ4v) is 2.31. The maximum Gasteiger partial charge on any atom is 0.338 e. The number of urea groups is 1. The zero-order valence-electron chi connectivity index (χ0n) is 13.3. The van der Waals surface area contributed by atoms with E-state index in [4.69, 9.17) is 32.7 Å². The summed E-state index contributed by atoms with van der Waals surface area (Å²) in [6.45, 7) is 1.96. The molecule has 0 saturated carbocycles. The molecule has 0 heterocycles. The number of hydrogen-bond acceptors (Lipinski definition) is 4. The van der Waals surface area contributed by atoms with Crippen molar-refractivity contribution < 1.29 is 19.1 Å². The van der Waals surface area contributed by atoms with Crippen LogP contribution in [0, 0.1) is 0 Å². The van der Waals surface area contributed by atoms with Crippen molar-refractivity contribution in [3.05, 3.63) is 58.1 Å². The molecule has 2 aromatic carbocycles. The molecule has 0 aliphatic heterocycles. The smallest absolute Gasteiger partial charge is 0.338 e. The van der Waals surface area contributed by atoms with Crippen LogP contribution in [0.15, 0.2) is 42.5 Å². The number of halogens is 2. The second-order valence-electron chi connectivity index (χ2n) is 4.79. The van der Waals surface area contributed by atoms with Gasteiger partial charge in [-0.3, -0.25) is 0 Å². The van der Waals surface area contributed by atoms with E-state index in [1.807, 2.05) is 0 Å². The molecule has 0 atom stereocenters. The number of anilines is 1. The number of amides is 2. The van der Waals surface area contributed by atoms with Gasteiger partial charge in [-0.15, -0.1) is 0 Å². The minimum Gasteiger partial charge on any atom is -0.472 e. The Bertz CT molecular complexity index is 751. The van der Waals surface area contributed by atoms with E-state index >= 15 is 0 Å². The number of carbonyl (C=O) groups is 2. The Labute approximate surface area is 155 Å². The molecule has 2 rings (SSSR count). The molecule has 0 aromatic heterocycles. The lowest BCUT2D eigenvalue weighted by Crippen LogP contribution is -2.32. The van der Waals surface area contributed by atoms with Crippen LogP contribution in [0.1, 0.15) is 17.3 Å². The number of ether oxygens (including phenoxy) is 2. The van der Waals surface area contributed by atoms with Gasteiger partial charge in [-0.05, 0) is 49.4 Å². The summed E-state index contributed by atoms with van der Waals surface area (Å²) in [4.78, 5) is 23.4. The van der Waals surface area contributed by atoms with Gasteiger partial charge in [0.25, 0.3) is 0 Å². The molecule has 2 amide bonds. The fourth-order valence-electron chi connectivity index (χ4n) is 1.85. The average molecular weight is 383 g/mol. The van der Waals surface area contributed by atoms with E-state index in [-0.39, 0.29) is 6.73 Å². The van der Waals surface area contributed by atoms with Crippen molar-refractivity contribution in [3.63, 3.8) is 0 Å². The fraction of sp³-hybridized carbons (Fsp3) is 0.176. The van der Waals surface area contributed by atoms with Gasteiger partial charge >= 0.3 is 12.0 Å². The number of rotatable bonds is 6. The Hall–Kier alpha value is -2.44. The van der Waals surface area contributed by atoms with Crippen LogP contribution in [0.4, 0.5) is 10.5 Å². The first-order valence-electron chi connectivity index (χ1n) is 7.39. The van der Waals surface area contributed by atoms with E-state index in [0.29, 0.717) is 33.7 Å². The van der Waals surface area contributed by atoms with Gasteiger partial charge in [-0.2, -0.15) is 0 Å². The normalized spacial score (nSPS) is 10.0. The maximum atomic E-state index is 11.8. The molecule has 0 spiro atoms.